The van der Waals surface area contributed by atoms with Gasteiger partial charge in [-0.2, -0.15) is 0 Å². The summed E-state index contributed by atoms with van der Waals surface area (Å²) in [5.41, 5.74) is 2.94. The molecule has 0 unspecified atom stereocenters. The van der Waals surface area contributed by atoms with Crippen molar-refractivity contribution in [1.82, 2.24) is 0 Å². The lowest BCUT2D eigenvalue weighted by Gasteiger charge is -2.04. The third-order valence-electron chi connectivity index (χ3n) is 4.18. The average molecular weight is 285 g/mol. The first-order valence-corrected chi connectivity index (χ1v) is 8.98. The first-order chi connectivity index (χ1) is 10.4. The van der Waals surface area contributed by atoms with Gasteiger partial charge in [-0.25, -0.2) is 0 Å². The largest absolute Gasteiger partial charge is 0.0845 e. The first-order valence-electron chi connectivity index (χ1n) is 8.98. The van der Waals surface area contributed by atoms with E-state index in [0.29, 0.717) is 0 Å². The van der Waals surface area contributed by atoms with Crippen LogP contribution in [0.25, 0.3) is 0 Å². The van der Waals surface area contributed by atoms with Crippen LogP contribution in [0.15, 0.2) is 30.3 Å². The fraction of sp³-hybridized carbons (Fsp3) is 0.619. The standard InChI is InChI=1S/C21H33/c1-3-5-7-8-9-10-11-13-15-21-18-16-20(17-19-21)14-12-6-4-2/h2,4,16-19H,3,5-15H2,1H3. The van der Waals surface area contributed by atoms with Gasteiger partial charge in [-0.15, -0.1) is 0 Å². The van der Waals surface area contributed by atoms with Crippen molar-refractivity contribution in [2.45, 2.75) is 84.0 Å². The van der Waals surface area contributed by atoms with Gasteiger partial charge in [0, 0.05) is 0 Å². The van der Waals surface area contributed by atoms with Crippen LogP contribution >= 0.6 is 0 Å². The number of rotatable bonds is 13. The molecule has 1 radical (unpaired) electrons. The van der Waals surface area contributed by atoms with Crippen molar-refractivity contribution in [1.29, 1.82) is 0 Å². The average Bonchev–Trinajstić information content (AvgIpc) is 2.52. The zero-order valence-electron chi connectivity index (χ0n) is 13.9. The second-order valence-electron chi connectivity index (χ2n) is 6.17. The Kier molecular flexibility index (Phi) is 10.9. The van der Waals surface area contributed by atoms with Gasteiger partial charge in [0.05, 0.1) is 0 Å². The maximum Gasteiger partial charge on any atom is -0.0276 e. The summed E-state index contributed by atoms with van der Waals surface area (Å²) in [6.45, 7) is 7.68. The summed E-state index contributed by atoms with van der Waals surface area (Å²) in [6.07, 6.45) is 17.5. The quantitative estimate of drug-likeness (QED) is 0.354. The van der Waals surface area contributed by atoms with Crippen LogP contribution in [0.4, 0.5) is 0 Å². The molecule has 0 saturated carbocycles. The SMILES string of the molecule is [CH]=CCCCc1ccc(CCCCCCCCCC)cc1. The number of aryl methyl sites for hydroxylation is 2. The Balaban J connectivity index is 2.05. The number of allylic oxidation sites excluding steroid dienone is 1. The molecule has 0 aliphatic carbocycles. The minimum absolute atomic E-state index is 1.01. The summed E-state index contributed by atoms with van der Waals surface area (Å²) in [6, 6.07) is 9.19. The molecule has 0 aliphatic heterocycles. The summed E-state index contributed by atoms with van der Waals surface area (Å²) in [5.74, 6) is 0. The van der Waals surface area contributed by atoms with Crippen molar-refractivity contribution in [2.24, 2.45) is 0 Å². The van der Waals surface area contributed by atoms with Crippen molar-refractivity contribution >= 4 is 0 Å². The number of benzene rings is 1. The summed E-state index contributed by atoms with van der Waals surface area (Å²) < 4.78 is 0. The Hall–Kier alpha value is -1.04. The minimum atomic E-state index is 1.01. The van der Waals surface area contributed by atoms with E-state index in [1.807, 2.05) is 0 Å². The third kappa shape index (κ3) is 9.50. The predicted octanol–water partition coefficient (Wildman–Crippen LogP) is 6.68. The van der Waals surface area contributed by atoms with Gasteiger partial charge in [-0.1, -0.05) is 88.8 Å². The molecular formula is C21H33. The molecule has 0 saturated heterocycles. The van der Waals surface area contributed by atoms with Gasteiger partial charge in [0.1, 0.15) is 0 Å². The van der Waals surface area contributed by atoms with E-state index >= 15 is 0 Å². The Labute approximate surface area is 132 Å². The number of unbranched alkanes of at least 4 members (excludes halogenated alkanes) is 8. The van der Waals surface area contributed by atoms with Gasteiger partial charge in [-0.05, 0) is 43.2 Å². The highest BCUT2D eigenvalue weighted by atomic mass is 14.0. The normalized spacial score (nSPS) is 10.7. The smallest absolute Gasteiger partial charge is 0.0276 e. The monoisotopic (exact) mass is 285 g/mol. The highest BCUT2D eigenvalue weighted by Gasteiger charge is 1.96. The molecule has 0 heteroatoms. The number of hydrogen-bond acceptors (Lipinski definition) is 0. The molecule has 21 heavy (non-hydrogen) atoms. The third-order valence-corrected chi connectivity index (χ3v) is 4.18. The lowest BCUT2D eigenvalue weighted by Crippen LogP contribution is -1.89. The van der Waals surface area contributed by atoms with Crippen LogP contribution in [0.2, 0.25) is 0 Å². The van der Waals surface area contributed by atoms with Crippen LogP contribution < -0.4 is 0 Å². The molecule has 0 spiro atoms. The highest BCUT2D eigenvalue weighted by Crippen LogP contribution is 2.13. The van der Waals surface area contributed by atoms with Crippen molar-refractivity contribution in [3.63, 3.8) is 0 Å². The molecule has 0 amide bonds. The van der Waals surface area contributed by atoms with Crippen molar-refractivity contribution in [2.75, 3.05) is 0 Å². The molecule has 0 heterocycles. The molecule has 0 fully saturated rings. The van der Waals surface area contributed by atoms with E-state index < -0.39 is 0 Å². The van der Waals surface area contributed by atoms with E-state index in [1.54, 1.807) is 6.08 Å². The number of hydrogen-bond donors (Lipinski definition) is 0. The van der Waals surface area contributed by atoms with Gasteiger partial charge >= 0.3 is 0 Å². The van der Waals surface area contributed by atoms with Gasteiger partial charge in [0.25, 0.3) is 0 Å². The molecule has 0 bridgehead atoms. The summed E-state index contributed by atoms with van der Waals surface area (Å²) in [4.78, 5) is 0. The second kappa shape index (κ2) is 12.7. The molecule has 0 nitrogen and oxygen atoms in total. The predicted molar refractivity (Wildman–Crippen MR) is 94.6 cm³/mol. The van der Waals surface area contributed by atoms with E-state index in [2.05, 4.69) is 31.2 Å². The van der Waals surface area contributed by atoms with Crippen LogP contribution in [-0.4, -0.2) is 0 Å². The summed E-state index contributed by atoms with van der Waals surface area (Å²) >= 11 is 0. The fourth-order valence-corrected chi connectivity index (χ4v) is 2.76. The van der Waals surface area contributed by atoms with Crippen molar-refractivity contribution in [3.05, 3.63) is 48.0 Å². The fourth-order valence-electron chi connectivity index (χ4n) is 2.76. The van der Waals surface area contributed by atoms with Gasteiger partial charge in [0.2, 0.25) is 0 Å². The van der Waals surface area contributed by atoms with Gasteiger partial charge in [-0.3, -0.25) is 0 Å². The summed E-state index contributed by atoms with van der Waals surface area (Å²) in [7, 11) is 0. The maximum atomic E-state index is 5.41. The van der Waals surface area contributed by atoms with Gasteiger partial charge in [0.15, 0.2) is 0 Å². The first kappa shape index (κ1) is 18.0. The van der Waals surface area contributed by atoms with Crippen molar-refractivity contribution < 1.29 is 0 Å². The van der Waals surface area contributed by atoms with E-state index in [1.165, 1.54) is 68.9 Å². The molecule has 0 aromatic heterocycles. The Bertz CT molecular complexity index is 347. The highest BCUT2D eigenvalue weighted by molar-refractivity contribution is 5.22. The molecule has 1 rings (SSSR count). The topological polar surface area (TPSA) is 0 Å². The molecule has 117 valence electrons. The molecule has 0 atom stereocenters. The Morgan fingerprint density at radius 3 is 1.71 bits per heavy atom. The maximum absolute atomic E-state index is 5.41. The van der Waals surface area contributed by atoms with Crippen LogP contribution in [-0.2, 0) is 12.8 Å². The van der Waals surface area contributed by atoms with Gasteiger partial charge < -0.3 is 0 Å². The lowest BCUT2D eigenvalue weighted by atomic mass is 10.0. The second-order valence-corrected chi connectivity index (χ2v) is 6.17. The van der Waals surface area contributed by atoms with Crippen LogP contribution in [0, 0.1) is 6.58 Å². The molecule has 1 aromatic carbocycles. The van der Waals surface area contributed by atoms with Crippen molar-refractivity contribution in [3.8, 4) is 0 Å². The van der Waals surface area contributed by atoms with Crippen LogP contribution in [0.5, 0.6) is 0 Å². The Morgan fingerprint density at radius 1 is 0.714 bits per heavy atom. The summed E-state index contributed by atoms with van der Waals surface area (Å²) in [5, 5.41) is 0. The molecule has 0 aliphatic rings. The van der Waals surface area contributed by atoms with E-state index in [4.69, 9.17) is 6.58 Å². The zero-order valence-corrected chi connectivity index (χ0v) is 13.9. The van der Waals surface area contributed by atoms with E-state index in [9.17, 15) is 0 Å². The molecule has 1 aromatic rings. The molecular weight excluding hydrogens is 252 g/mol. The van der Waals surface area contributed by atoms with E-state index in [-0.39, 0.29) is 0 Å². The van der Waals surface area contributed by atoms with Crippen LogP contribution in [0.1, 0.15) is 82.3 Å². The lowest BCUT2D eigenvalue weighted by molar-refractivity contribution is 0.575. The molecule has 0 N–H and O–H groups in total. The minimum Gasteiger partial charge on any atom is -0.0845 e. The zero-order chi connectivity index (χ0) is 15.2. The van der Waals surface area contributed by atoms with E-state index in [0.717, 1.165) is 19.3 Å². The van der Waals surface area contributed by atoms with Crippen LogP contribution in [0.3, 0.4) is 0 Å². The Morgan fingerprint density at radius 2 is 1.19 bits per heavy atom.